The second-order valence-corrected chi connectivity index (χ2v) is 8.73. The number of nitrogens with one attached hydrogen (secondary N) is 1. The molecule has 2 heterocycles. The Morgan fingerprint density at radius 2 is 1.76 bits per heavy atom. The van der Waals surface area contributed by atoms with Gasteiger partial charge >= 0.3 is 0 Å². The van der Waals surface area contributed by atoms with Gasteiger partial charge in [0.15, 0.2) is 0 Å². The summed E-state index contributed by atoms with van der Waals surface area (Å²) in [4.78, 5) is 20.4. The highest BCUT2D eigenvalue weighted by molar-refractivity contribution is 6.30. The van der Waals surface area contributed by atoms with Crippen LogP contribution in [-0.4, -0.2) is 49.1 Å². The van der Waals surface area contributed by atoms with E-state index in [9.17, 15) is 4.79 Å². The van der Waals surface area contributed by atoms with Crippen LogP contribution in [0.15, 0.2) is 72.9 Å². The molecule has 178 valence electrons. The largest absolute Gasteiger partial charge is 0.497 e. The summed E-state index contributed by atoms with van der Waals surface area (Å²) in [5, 5.41) is 4.00. The number of rotatable bonds is 9. The molecule has 3 aromatic rings. The van der Waals surface area contributed by atoms with Crippen molar-refractivity contribution in [1.82, 2.24) is 15.2 Å². The van der Waals surface area contributed by atoms with E-state index in [1.807, 2.05) is 71.6 Å². The van der Waals surface area contributed by atoms with Crippen molar-refractivity contribution in [2.24, 2.45) is 5.92 Å². The Labute approximate surface area is 205 Å². The van der Waals surface area contributed by atoms with E-state index in [2.05, 4.69) is 10.3 Å². The maximum absolute atomic E-state index is 13.9. The first-order valence-electron chi connectivity index (χ1n) is 11.6. The van der Waals surface area contributed by atoms with Crippen molar-refractivity contribution in [1.29, 1.82) is 0 Å². The third-order valence-corrected chi connectivity index (χ3v) is 6.35. The predicted molar refractivity (Wildman–Crippen MR) is 133 cm³/mol. The highest BCUT2D eigenvalue weighted by Gasteiger charge is 2.33. The minimum absolute atomic E-state index is 0.0271. The van der Waals surface area contributed by atoms with Crippen molar-refractivity contribution in [3.63, 3.8) is 0 Å². The molecule has 1 aliphatic heterocycles. The van der Waals surface area contributed by atoms with E-state index in [1.165, 1.54) is 0 Å². The molecular formula is C27H30ClN3O3. The number of hydrogen-bond donors (Lipinski definition) is 1. The number of amides is 1. The lowest BCUT2D eigenvalue weighted by molar-refractivity contribution is -0.138. The van der Waals surface area contributed by atoms with Crippen molar-refractivity contribution >= 4 is 17.5 Å². The second-order valence-electron chi connectivity index (χ2n) is 8.29. The number of nitrogens with zero attached hydrogens (tertiary/aromatic N) is 2. The van der Waals surface area contributed by atoms with Gasteiger partial charge in [0.25, 0.3) is 0 Å². The van der Waals surface area contributed by atoms with Gasteiger partial charge in [0, 0.05) is 17.1 Å². The zero-order chi connectivity index (χ0) is 23.8. The van der Waals surface area contributed by atoms with Gasteiger partial charge in [-0.05, 0) is 80.0 Å². The molecule has 34 heavy (non-hydrogen) atoms. The third kappa shape index (κ3) is 6.07. The fourth-order valence-electron chi connectivity index (χ4n) is 4.30. The number of carbonyl (C=O) groups excluding carboxylic acids is 1. The minimum atomic E-state index is -0.333. The third-order valence-electron chi connectivity index (χ3n) is 6.10. The summed E-state index contributed by atoms with van der Waals surface area (Å²) in [6.07, 6.45) is 3.41. The van der Waals surface area contributed by atoms with Crippen molar-refractivity contribution in [2.75, 3.05) is 33.4 Å². The van der Waals surface area contributed by atoms with Crippen molar-refractivity contribution < 1.29 is 14.3 Å². The fraction of sp³-hybridized carbons (Fsp3) is 0.333. The van der Waals surface area contributed by atoms with Gasteiger partial charge in [-0.25, -0.2) is 0 Å². The Kier molecular flexibility index (Phi) is 8.39. The van der Waals surface area contributed by atoms with Crippen LogP contribution in [0.1, 0.15) is 30.1 Å². The molecule has 1 atom stereocenters. The highest BCUT2D eigenvalue weighted by Crippen LogP contribution is 2.31. The number of pyridine rings is 1. The predicted octanol–water partition coefficient (Wildman–Crippen LogP) is 4.74. The van der Waals surface area contributed by atoms with Gasteiger partial charge in [-0.2, -0.15) is 0 Å². The smallest absolute Gasteiger partial charge is 0.226 e. The molecule has 0 aliphatic carbocycles. The van der Waals surface area contributed by atoms with Crippen LogP contribution >= 0.6 is 11.6 Å². The minimum Gasteiger partial charge on any atom is -0.497 e. The van der Waals surface area contributed by atoms with E-state index in [0.29, 0.717) is 18.2 Å². The Hall–Kier alpha value is -3.09. The highest BCUT2D eigenvalue weighted by atomic mass is 35.5. The Bertz CT molecular complexity index is 1040. The topological polar surface area (TPSA) is 63.7 Å². The zero-order valence-electron chi connectivity index (χ0n) is 19.3. The first-order valence-corrected chi connectivity index (χ1v) is 12.0. The van der Waals surface area contributed by atoms with E-state index in [0.717, 1.165) is 48.7 Å². The van der Waals surface area contributed by atoms with E-state index in [4.69, 9.17) is 21.1 Å². The van der Waals surface area contributed by atoms with Crippen LogP contribution in [0.2, 0.25) is 5.02 Å². The molecule has 0 unspecified atom stereocenters. The number of aromatic nitrogens is 1. The van der Waals surface area contributed by atoms with E-state index < -0.39 is 0 Å². The lowest BCUT2D eigenvalue weighted by Crippen LogP contribution is -2.45. The van der Waals surface area contributed by atoms with Crippen molar-refractivity contribution in [2.45, 2.75) is 18.9 Å². The SMILES string of the molecule is COc1ccc(OCCN(C(=O)C2CCNCC2)[C@H](c2ccc(Cl)cc2)c2ccccn2)cc1. The molecule has 1 N–H and O–H groups in total. The maximum atomic E-state index is 13.9. The van der Waals surface area contributed by atoms with Crippen LogP contribution < -0.4 is 14.8 Å². The molecule has 1 fully saturated rings. The first kappa shape index (κ1) is 24.0. The van der Waals surface area contributed by atoms with Gasteiger partial charge in [-0.15, -0.1) is 0 Å². The molecule has 4 rings (SSSR count). The lowest BCUT2D eigenvalue weighted by atomic mass is 9.93. The van der Waals surface area contributed by atoms with Gasteiger partial charge in [-0.3, -0.25) is 9.78 Å². The molecule has 1 aliphatic rings. The number of hydrogen-bond acceptors (Lipinski definition) is 5. The molecule has 1 amide bonds. The number of halogens is 1. The summed E-state index contributed by atoms with van der Waals surface area (Å²) < 4.78 is 11.2. The van der Waals surface area contributed by atoms with E-state index in [-0.39, 0.29) is 17.9 Å². The maximum Gasteiger partial charge on any atom is 0.226 e. The summed E-state index contributed by atoms with van der Waals surface area (Å²) in [7, 11) is 1.63. The monoisotopic (exact) mass is 479 g/mol. The fourth-order valence-corrected chi connectivity index (χ4v) is 4.42. The Balaban J connectivity index is 1.61. The van der Waals surface area contributed by atoms with Crippen molar-refractivity contribution in [3.05, 3.63) is 89.2 Å². The molecule has 1 saturated heterocycles. The summed E-state index contributed by atoms with van der Waals surface area (Å²) >= 11 is 6.17. The quantitative estimate of drug-likeness (QED) is 0.480. The van der Waals surface area contributed by atoms with E-state index >= 15 is 0 Å². The Morgan fingerprint density at radius 3 is 2.41 bits per heavy atom. The normalized spacial score (nSPS) is 14.9. The number of carbonyl (C=O) groups is 1. The molecule has 6 nitrogen and oxygen atoms in total. The first-order chi connectivity index (χ1) is 16.7. The van der Waals surface area contributed by atoms with Crippen LogP contribution in [0.25, 0.3) is 0 Å². The molecule has 0 radical (unpaired) electrons. The van der Waals surface area contributed by atoms with Crippen molar-refractivity contribution in [3.8, 4) is 11.5 Å². The van der Waals surface area contributed by atoms with Crippen LogP contribution in [0.3, 0.4) is 0 Å². The molecule has 0 spiro atoms. The van der Waals surface area contributed by atoms with Gasteiger partial charge in [0.1, 0.15) is 18.1 Å². The lowest BCUT2D eigenvalue weighted by Gasteiger charge is -2.35. The molecule has 7 heteroatoms. The summed E-state index contributed by atoms with van der Waals surface area (Å²) in [6, 6.07) is 20.6. The second kappa shape index (κ2) is 11.9. The average Bonchev–Trinajstić information content (AvgIpc) is 2.90. The van der Waals surface area contributed by atoms with Gasteiger partial charge in [-0.1, -0.05) is 29.8 Å². The number of methoxy groups -OCH3 is 1. The van der Waals surface area contributed by atoms with Crippen LogP contribution in [0.5, 0.6) is 11.5 Å². The number of benzene rings is 2. The molecular weight excluding hydrogens is 450 g/mol. The van der Waals surface area contributed by atoms with Crippen LogP contribution in [0.4, 0.5) is 0 Å². The van der Waals surface area contributed by atoms with Crippen LogP contribution in [-0.2, 0) is 4.79 Å². The molecule has 1 aromatic heterocycles. The number of ether oxygens (including phenoxy) is 2. The van der Waals surface area contributed by atoms with Gasteiger partial charge in [0.2, 0.25) is 5.91 Å². The average molecular weight is 480 g/mol. The van der Waals surface area contributed by atoms with Gasteiger partial charge < -0.3 is 19.7 Å². The zero-order valence-corrected chi connectivity index (χ0v) is 20.1. The summed E-state index contributed by atoms with van der Waals surface area (Å²) in [6.45, 7) is 2.49. The van der Waals surface area contributed by atoms with Crippen LogP contribution in [0, 0.1) is 5.92 Å². The number of piperidine rings is 1. The summed E-state index contributed by atoms with van der Waals surface area (Å²) in [5.74, 6) is 1.61. The molecule has 0 saturated carbocycles. The van der Waals surface area contributed by atoms with E-state index in [1.54, 1.807) is 13.3 Å². The molecule has 2 aromatic carbocycles. The Morgan fingerprint density at radius 1 is 1.06 bits per heavy atom. The molecule has 0 bridgehead atoms. The summed E-state index contributed by atoms with van der Waals surface area (Å²) in [5.41, 5.74) is 1.78. The van der Waals surface area contributed by atoms with Gasteiger partial charge in [0.05, 0.1) is 25.4 Å². The standard InChI is InChI=1S/C27H30ClN3O3/c1-33-23-9-11-24(12-10-23)34-19-18-31(27(32)21-13-16-29-17-14-21)26(25-4-2-3-15-30-25)20-5-7-22(28)8-6-20/h2-12,15,21,26,29H,13-14,16-19H2,1H3/t26-/m1/s1.